The smallest absolute Gasteiger partial charge is 0.167 e. The minimum Gasteiger partial charge on any atom is -0.350 e. The maximum atomic E-state index is 13.7. The van der Waals surface area contributed by atoms with Crippen molar-refractivity contribution < 1.29 is 4.39 Å². The van der Waals surface area contributed by atoms with Crippen LogP contribution < -0.4 is 4.90 Å². The Kier molecular flexibility index (Phi) is 4.03. The molecule has 0 N–H and O–H groups in total. The summed E-state index contributed by atoms with van der Waals surface area (Å²) >= 11 is 9.17. The van der Waals surface area contributed by atoms with E-state index in [4.69, 9.17) is 11.6 Å². The van der Waals surface area contributed by atoms with Crippen LogP contribution in [0.15, 0.2) is 12.3 Å². The van der Waals surface area contributed by atoms with Gasteiger partial charge in [0.2, 0.25) is 0 Å². The Hall–Kier alpha value is -0.350. The van der Waals surface area contributed by atoms with Crippen LogP contribution in [0.3, 0.4) is 0 Å². The zero-order valence-corrected chi connectivity index (χ0v) is 11.1. The molecule has 0 spiro atoms. The number of piperidine rings is 1. The standard InChI is InChI=1S/C11H13BrClFN2/c12-6-9-3-1-2-4-16(9)11-10(14)5-8(13)7-15-11/h5,7,9H,1-4,6H2. The van der Waals surface area contributed by atoms with Crippen LogP contribution in [0, 0.1) is 5.82 Å². The Balaban J connectivity index is 2.27. The van der Waals surface area contributed by atoms with Gasteiger partial charge in [0.25, 0.3) is 0 Å². The van der Waals surface area contributed by atoms with E-state index in [0.717, 1.165) is 24.7 Å². The molecule has 1 aromatic rings. The van der Waals surface area contributed by atoms with Gasteiger partial charge in [-0.3, -0.25) is 0 Å². The first kappa shape index (κ1) is 12.1. The monoisotopic (exact) mass is 306 g/mol. The van der Waals surface area contributed by atoms with E-state index < -0.39 is 0 Å². The Morgan fingerprint density at radius 3 is 3.06 bits per heavy atom. The Morgan fingerprint density at radius 2 is 2.38 bits per heavy atom. The number of rotatable bonds is 2. The largest absolute Gasteiger partial charge is 0.350 e. The van der Waals surface area contributed by atoms with Gasteiger partial charge in [-0.05, 0) is 25.3 Å². The fraction of sp³-hybridized carbons (Fsp3) is 0.545. The lowest BCUT2D eigenvalue weighted by atomic mass is 10.0. The van der Waals surface area contributed by atoms with E-state index >= 15 is 0 Å². The average Bonchev–Trinajstić information content (AvgIpc) is 2.29. The first-order valence-electron chi connectivity index (χ1n) is 5.36. The van der Waals surface area contributed by atoms with E-state index in [-0.39, 0.29) is 5.82 Å². The summed E-state index contributed by atoms with van der Waals surface area (Å²) in [6.45, 7) is 0.863. The molecule has 2 heterocycles. The molecule has 1 unspecified atom stereocenters. The van der Waals surface area contributed by atoms with Crippen molar-refractivity contribution in [2.24, 2.45) is 0 Å². The minimum absolute atomic E-state index is 0.330. The first-order chi connectivity index (χ1) is 7.72. The highest BCUT2D eigenvalue weighted by atomic mass is 79.9. The van der Waals surface area contributed by atoms with Crippen LogP contribution in [0.1, 0.15) is 19.3 Å². The predicted molar refractivity (Wildman–Crippen MR) is 68.0 cm³/mol. The molecule has 0 aliphatic carbocycles. The lowest BCUT2D eigenvalue weighted by Crippen LogP contribution is -2.41. The highest BCUT2D eigenvalue weighted by Gasteiger charge is 2.24. The van der Waals surface area contributed by atoms with Crippen molar-refractivity contribution in [2.75, 3.05) is 16.8 Å². The van der Waals surface area contributed by atoms with Gasteiger partial charge in [0, 0.05) is 24.1 Å². The number of anilines is 1. The van der Waals surface area contributed by atoms with Crippen LogP contribution in [0.2, 0.25) is 5.02 Å². The van der Waals surface area contributed by atoms with Crippen molar-refractivity contribution in [1.82, 2.24) is 4.98 Å². The fourth-order valence-corrected chi connectivity index (χ4v) is 2.88. The van der Waals surface area contributed by atoms with Crippen LogP contribution >= 0.6 is 27.5 Å². The van der Waals surface area contributed by atoms with Gasteiger partial charge >= 0.3 is 0 Å². The zero-order chi connectivity index (χ0) is 11.5. The van der Waals surface area contributed by atoms with Crippen molar-refractivity contribution in [1.29, 1.82) is 0 Å². The van der Waals surface area contributed by atoms with Gasteiger partial charge in [-0.25, -0.2) is 9.37 Å². The maximum absolute atomic E-state index is 13.7. The molecule has 1 fully saturated rings. The van der Waals surface area contributed by atoms with E-state index in [0.29, 0.717) is 16.9 Å². The van der Waals surface area contributed by atoms with Gasteiger partial charge in [-0.2, -0.15) is 0 Å². The fourth-order valence-electron chi connectivity index (χ4n) is 2.06. The van der Waals surface area contributed by atoms with Crippen LogP contribution in [-0.4, -0.2) is 22.9 Å². The maximum Gasteiger partial charge on any atom is 0.167 e. The molecule has 16 heavy (non-hydrogen) atoms. The molecule has 5 heteroatoms. The van der Waals surface area contributed by atoms with Crippen molar-refractivity contribution >= 4 is 33.3 Å². The molecule has 0 radical (unpaired) electrons. The number of nitrogens with zero attached hydrogens (tertiary/aromatic N) is 2. The van der Waals surface area contributed by atoms with Crippen molar-refractivity contribution in [2.45, 2.75) is 25.3 Å². The van der Waals surface area contributed by atoms with Crippen LogP contribution in [-0.2, 0) is 0 Å². The SMILES string of the molecule is Fc1cc(Cl)cnc1N1CCCCC1CBr. The number of pyridine rings is 1. The number of alkyl halides is 1. The van der Waals surface area contributed by atoms with Gasteiger partial charge in [-0.15, -0.1) is 0 Å². The number of halogens is 3. The highest BCUT2D eigenvalue weighted by Crippen LogP contribution is 2.27. The second kappa shape index (κ2) is 5.32. The summed E-state index contributed by atoms with van der Waals surface area (Å²) in [5.74, 6) is 0.0916. The lowest BCUT2D eigenvalue weighted by molar-refractivity contribution is 0.477. The normalized spacial score (nSPS) is 21.2. The Morgan fingerprint density at radius 1 is 1.56 bits per heavy atom. The summed E-state index contributed by atoms with van der Waals surface area (Å²) in [4.78, 5) is 6.13. The van der Waals surface area contributed by atoms with Gasteiger partial charge in [0.05, 0.1) is 5.02 Å². The molecule has 1 saturated heterocycles. The molecule has 1 aliphatic heterocycles. The third-order valence-electron chi connectivity index (χ3n) is 2.87. The quantitative estimate of drug-likeness (QED) is 0.776. The van der Waals surface area contributed by atoms with Crippen molar-refractivity contribution in [3.63, 3.8) is 0 Å². The number of aromatic nitrogens is 1. The second-order valence-corrected chi connectivity index (χ2v) is 5.04. The lowest BCUT2D eigenvalue weighted by Gasteiger charge is -2.35. The summed E-state index contributed by atoms with van der Waals surface area (Å²) < 4.78 is 13.7. The van der Waals surface area contributed by atoms with E-state index in [1.54, 1.807) is 0 Å². The third-order valence-corrected chi connectivity index (χ3v) is 3.82. The van der Waals surface area contributed by atoms with Crippen molar-refractivity contribution in [3.05, 3.63) is 23.1 Å². The van der Waals surface area contributed by atoms with Gasteiger partial charge in [-0.1, -0.05) is 27.5 Å². The Bertz CT molecular complexity index is 375. The third kappa shape index (κ3) is 2.48. The summed E-state index contributed by atoms with van der Waals surface area (Å²) in [5.41, 5.74) is 0. The van der Waals surface area contributed by atoms with Gasteiger partial charge in [0.15, 0.2) is 11.6 Å². The average molecular weight is 308 g/mol. The van der Waals surface area contributed by atoms with Crippen LogP contribution in [0.25, 0.3) is 0 Å². The summed E-state index contributed by atoms with van der Waals surface area (Å²) in [7, 11) is 0. The van der Waals surface area contributed by atoms with Crippen LogP contribution in [0.5, 0.6) is 0 Å². The predicted octanol–water partition coefficient (Wildman–Crippen LogP) is 3.63. The first-order valence-corrected chi connectivity index (χ1v) is 6.86. The van der Waals surface area contributed by atoms with Gasteiger partial charge < -0.3 is 4.90 Å². The number of hydrogen-bond acceptors (Lipinski definition) is 2. The molecule has 2 rings (SSSR count). The molecule has 0 amide bonds. The molecule has 0 bridgehead atoms. The molecule has 88 valence electrons. The molecule has 1 aliphatic rings. The Labute approximate surface area is 108 Å². The molecule has 0 saturated carbocycles. The van der Waals surface area contributed by atoms with Crippen molar-refractivity contribution in [3.8, 4) is 0 Å². The number of hydrogen-bond donors (Lipinski definition) is 0. The zero-order valence-electron chi connectivity index (χ0n) is 8.80. The van der Waals surface area contributed by atoms with E-state index in [1.165, 1.54) is 18.7 Å². The molecule has 2 nitrogen and oxygen atoms in total. The van der Waals surface area contributed by atoms with Gasteiger partial charge in [0.1, 0.15) is 0 Å². The van der Waals surface area contributed by atoms with Crippen LogP contribution in [0.4, 0.5) is 10.2 Å². The highest BCUT2D eigenvalue weighted by molar-refractivity contribution is 9.09. The summed E-state index contributed by atoms with van der Waals surface area (Å²) in [6.07, 6.45) is 4.87. The molecule has 1 aromatic heterocycles. The minimum atomic E-state index is -0.333. The topological polar surface area (TPSA) is 16.1 Å². The second-order valence-electron chi connectivity index (χ2n) is 3.96. The molecular weight excluding hydrogens is 294 g/mol. The molecule has 1 atom stereocenters. The molecule has 0 aromatic carbocycles. The molecular formula is C11H13BrClFN2. The van der Waals surface area contributed by atoms with E-state index in [1.807, 2.05) is 4.90 Å². The summed E-state index contributed by atoms with van der Waals surface area (Å²) in [6, 6.07) is 1.65. The van der Waals surface area contributed by atoms with E-state index in [9.17, 15) is 4.39 Å². The van der Waals surface area contributed by atoms with E-state index in [2.05, 4.69) is 20.9 Å². The summed E-state index contributed by atoms with van der Waals surface area (Å²) in [5, 5.41) is 1.19.